The molecule has 2 rings (SSSR count). The van der Waals surface area contributed by atoms with Gasteiger partial charge in [-0.2, -0.15) is 0 Å². The highest BCUT2D eigenvalue weighted by molar-refractivity contribution is 9.10. The molecule has 0 spiro atoms. The third-order valence-electron chi connectivity index (χ3n) is 2.88. The maximum absolute atomic E-state index is 12.3. The summed E-state index contributed by atoms with van der Waals surface area (Å²) in [6, 6.07) is 10.2. The number of halogens is 1. The molecule has 110 valence electrons. The van der Waals surface area contributed by atoms with Gasteiger partial charge in [-0.25, -0.2) is 0 Å². The maximum atomic E-state index is 12.3. The number of ether oxygens (including phenoxy) is 2. The van der Waals surface area contributed by atoms with E-state index in [0.29, 0.717) is 28.4 Å². The molecule has 0 radical (unpaired) electrons. The van der Waals surface area contributed by atoms with Gasteiger partial charge in [-0.15, -0.1) is 0 Å². The van der Waals surface area contributed by atoms with Crippen molar-refractivity contribution in [1.82, 2.24) is 0 Å². The van der Waals surface area contributed by atoms with Gasteiger partial charge in [0, 0.05) is 11.4 Å². The molecule has 0 aliphatic rings. The van der Waals surface area contributed by atoms with Gasteiger partial charge >= 0.3 is 0 Å². The molecule has 2 aromatic rings. The number of anilines is 2. The molecule has 21 heavy (non-hydrogen) atoms. The van der Waals surface area contributed by atoms with Crippen molar-refractivity contribution in [3.63, 3.8) is 0 Å². The number of rotatable bonds is 4. The van der Waals surface area contributed by atoms with E-state index in [4.69, 9.17) is 15.2 Å². The summed E-state index contributed by atoms with van der Waals surface area (Å²) in [5.41, 5.74) is 7.23. The normalized spacial score (nSPS) is 10.0. The molecule has 0 atom stereocenters. The third kappa shape index (κ3) is 3.46. The monoisotopic (exact) mass is 350 g/mol. The molecule has 3 N–H and O–H groups in total. The van der Waals surface area contributed by atoms with E-state index < -0.39 is 0 Å². The van der Waals surface area contributed by atoms with Crippen LogP contribution in [0.4, 0.5) is 11.4 Å². The first kappa shape index (κ1) is 15.2. The largest absolute Gasteiger partial charge is 0.496 e. The van der Waals surface area contributed by atoms with Crippen LogP contribution in [0.5, 0.6) is 11.5 Å². The number of hydrogen-bond acceptors (Lipinski definition) is 4. The molecule has 0 heterocycles. The van der Waals surface area contributed by atoms with Crippen molar-refractivity contribution < 1.29 is 14.3 Å². The van der Waals surface area contributed by atoms with E-state index in [1.54, 1.807) is 43.5 Å². The number of methoxy groups -OCH3 is 2. The quantitative estimate of drug-likeness (QED) is 0.829. The zero-order chi connectivity index (χ0) is 15.4. The molecule has 0 aliphatic carbocycles. The number of nitrogens with one attached hydrogen (secondary N) is 1. The number of hydrogen-bond donors (Lipinski definition) is 2. The highest BCUT2D eigenvalue weighted by atomic mass is 79.9. The van der Waals surface area contributed by atoms with Crippen molar-refractivity contribution >= 4 is 33.2 Å². The lowest BCUT2D eigenvalue weighted by Crippen LogP contribution is -2.13. The van der Waals surface area contributed by atoms with Crippen LogP contribution >= 0.6 is 15.9 Å². The van der Waals surface area contributed by atoms with Crippen LogP contribution in [0, 0.1) is 0 Å². The van der Waals surface area contributed by atoms with Gasteiger partial charge < -0.3 is 20.5 Å². The first-order valence-electron chi connectivity index (χ1n) is 6.13. The van der Waals surface area contributed by atoms with Gasteiger partial charge in [-0.1, -0.05) is 0 Å². The number of carbonyl (C=O) groups excluding carboxylic acids is 1. The summed E-state index contributed by atoms with van der Waals surface area (Å²) in [4.78, 5) is 12.3. The lowest BCUT2D eigenvalue weighted by molar-refractivity contribution is 0.102. The van der Waals surface area contributed by atoms with Gasteiger partial charge in [-0.3, -0.25) is 4.79 Å². The van der Waals surface area contributed by atoms with Crippen molar-refractivity contribution in [2.24, 2.45) is 0 Å². The molecule has 0 unspecified atom stereocenters. The Morgan fingerprint density at radius 2 is 1.76 bits per heavy atom. The Morgan fingerprint density at radius 3 is 2.38 bits per heavy atom. The fourth-order valence-electron chi connectivity index (χ4n) is 1.85. The third-order valence-corrected chi connectivity index (χ3v) is 3.50. The number of nitrogen functional groups attached to an aromatic ring is 1. The van der Waals surface area contributed by atoms with Crippen LogP contribution in [-0.2, 0) is 0 Å². The highest BCUT2D eigenvalue weighted by Gasteiger charge is 2.13. The van der Waals surface area contributed by atoms with E-state index in [1.165, 1.54) is 7.11 Å². The van der Waals surface area contributed by atoms with Crippen LogP contribution in [0.25, 0.3) is 0 Å². The van der Waals surface area contributed by atoms with Crippen molar-refractivity contribution in [2.45, 2.75) is 0 Å². The minimum atomic E-state index is -0.295. The lowest BCUT2D eigenvalue weighted by Gasteiger charge is -2.11. The van der Waals surface area contributed by atoms with Gasteiger partial charge in [0.2, 0.25) is 0 Å². The summed E-state index contributed by atoms with van der Waals surface area (Å²) < 4.78 is 11.1. The van der Waals surface area contributed by atoms with Crippen LogP contribution in [0.1, 0.15) is 10.4 Å². The fraction of sp³-hybridized carbons (Fsp3) is 0.133. The summed E-state index contributed by atoms with van der Waals surface area (Å²) >= 11 is 3.37. The summed E-state index contributed by atoms with van der Waals surface area (Å²) in [6.45, 7) is 0. The summed E-state index contributed by atoms with van der Waals surface area (Å²) in [7, 11) is 3.09. The zero-order valence-corrected chi connectivity index (χ0v) is 13.2. The minimum Gasteiger partial charge on any atom is -0.496 e. The second-order valence-corrected chi connectivity index (χ2v) is 5.12. The number of carbonyl (C=O) groups is 1. The fourth-order valence-corrected chi connectivity index (χ4v) is 2.39. The first-order chi connectivity index (χ1) is 10.0. The van der Waals surface area contributed by atoms with Crippen LogP contribution < -0.4 is 20.5 Å². The molecule has 0 fully saturated rings. The van der Waals surface area contributed by atoms with Crippen LogP contribution in [0.2, 0.25) is 0 Å². The predicted octanol–water partition coefficient (Wildman–Crippen LogP) is 3.30. The highest BCUT2D eigenvalue weighted by Crippen LogP contribution is 2.28. The summed E-state index contributed by atoms with van der Waals surface area (Å²) in [6.07, 6.45) is 0. The van der Waals surface area contributed by atoms with E-state index in [0.717, 1.165) is 4.47 Å². The number of nitrogens with two attached hydrogens (primary N) is 1. The molecule has 0 aromatic heterocycles. The van der Waals surface area contributed by atoms with Crippen molar-refractivity contribution in [1.29, 1.82) is 0 Å². The van der Waals surface area contributed by atoms with Crippen molar-refractivity contribution in [3.05, 3.63) is 46.4 Å². The Bertz CT molecular complexity index is 674. The van der Waals surface area contributed by atoms with E-state index in [1.807, 2.05) is 0 Å². The summed E-state index contributed by atoms with van der Waals surface area (Å²) in [5, 5.41) is 2.79. The molecule has 0 aliphatic heterocycles. The molecule has 1 amide bonds. The van der Waals surface area contributed by atoms with Gasteiger partial charge in [0.25, 0.3) is 5.91 Å². The van der Waals surface area contributed by atoms with Gasteiger partial charge in [0.15, 0.2) is 0 Å². The lowest BCUT2D eigenvalue weighted by atomic mass is 10.1. The van der Waals surface area contributed by atoms with Crippen LogP contribution in [0.3, 0.4) is 0 Å². The maximum Gasteiger partial charge on any atom is 0.259 e. The van der Waals surface area contributed by atoms with E-state index in [2.05, 4.69) is 21.2 Å². The second-order valence-electron chi connectivity index (χ2n) is 4.26. The van der Waals surface area contributed by atoms with Crippen molar-refractivity contribution in [2.75, 3.05) is 25.3 Å². The molecule has 0 saturated heterocycles. The second kappa shape index (κ2) is 6.49. The Balaban J connectivity index is 2.26. The standard InChI is InChI=1S/C15H15BrN2O3/c1-20-13-5-3-9(17)7-11(13)15(19)18-10-4-6-14(21-2)12(16)8-10/h3-8H,17H2,1-2H3,(H,18,19). The topological polar surface area (TPSA) is 73.6 Å². The molecule has 2 aromatic carbocycles. The molecular weight excluding hydrogens is 336 g/mol. The molecule has 0 bridgehead atoms. The van der Waals surface area contributed by atoms with Gasteiger partial charge in [0.1, 0.15) is 11.5 Å². The smallest absolute Gasteiger partial charge is 0.259 e. The molecule has 6 heteroatoms. The molecular formula is C15H15BrN2O3. The predicted molar refractivity (Wildman–Crippen MR) is 86.1 cm³/mol. The first-order valence-corrected chi connectivity index (χ1v) is 6.93. The van der Waals surface area contributed by atoms with Gasteiger partial charge in [0.05, 0.1) is 24.3 Å². The minimum absolute atomic E-state index is 0.295. The Kier molecular flexibility index (Phi) is 4.70. The van der Waals surface area contributed by atoms with Crippen molar-refractivity contribution in [3.8, 4) is 11.5 Å². The Labute approximate surface area is 131 Å². The Hall–Kier alpha value is -2.21. The zero-order valence-electron chi connectivity index (χ0n) is 11.6. The molecule has 0 saturated carbocycles. The molecule has 5 nitrogen and oxygen atoms in total. The number of benzene rings is 2. The van der Waals surface area contributed by atoms with Gasteiger partial charge in [-0.05, 0) is 52.3 Å². The Morgan fingerprint density at radius 1 is 1.10 bits per heavy atom. The number of amides is 1. The van der Waals surface area contributed by atoms with E-state index >= 15 is 0 Å². The van der Waals surface area contributed by atoms with Crippen LogP contribution in [-0.4, -0.2) is 20.1 Å². The van der Waals surface area contributed by atoms with E-state index in [9.17, 15) is 4.79 Å². The van der Waals surface area contributed by atoms with Crippen LogP contribution in [0.15, 0.2) is 40.9 Å². The SMILES string of the molecule is COc1ccc(NC(=O)c2cc(N)ccc2OC)cc1Br. The summed E-state index contributed by atoms with van der Waals surface area (Å²) in [5.74, 6) is 0.861. The average molecular weight is 351 g/mol. The van der Waals surface area contributed by atoms with E-state index in [-0.39, 0.29) is 5.91 Å². The average Bonchev–Trinajstić information content (AvgIpc) is 2.47.